The van der Waals surface area contributed by atoms with Crippen LogP contribution < -0.4 is 11.1 Å². The Balaban J connectivity index is 2.42. The number of carbonyl (C=O) groups is 1. The van der Waals surface area contributed by atoms with Crippen molar-refractivity contribution >= 4 is 11.6 Å². The van der Waals surface area contributed by atoms with Gasteiger partial charge in [0.1, 0.15) is 5.82 Å². The van der Waals surface area contributed by atoms with E-state index in [0.717, 1.165) is 12.8 Å². The lowest BCUT2D eigenvalue weighted by molar-refractivity contribution is -0.116. The molecular formula is C15H23FN2O. The highest BCUT2D eigenvalue weighted by Crippen LogP contribution is 2.20. The molecule has 0 aromatic heterocycles. The van der Waals surface area contributed by atoms with E-state index in [4.69, 9.17) is 5.73 Å². The van der Waals surface area contributed by atoms with Crippen LogP contribution in [0.1, 0.15) is 33.1 Å². The first kappa shape index (κ1) is 15.6. The summed E-state index contributed by atoms with van der Waals surface area (Å²) in [6.45, 7) is 4.93. The van der Waals surface area contributed by atoms with E-state index in [2.05, 4.69) is 19.2 Å². The van der Waals surface area contributed by atoms with Crippen molar-refractivity contribution in [2.75, 3.05) is 11.9 Å². The predicted octanol–water partition coefficient (Wildman–Crippen LogP) is 3.17. The molecule has 1 atom stereocenters. The Morgan fingerprint density at radius 3 is 2.68 bits per heavy atom. The molecule has 0 aliphatic heterocycles. The Bertz CT molecular complexity index is 407. The summed E-state index contributed by atoms with van der Waals surface area (Å²) in [6.07, 6.45) is 2.19. The zero-order valence-corrected chi connectivity index (χ0v) is 11.7. The van der Waals surface area contributed by atoms with E-state index in [1.54, 1.807) is 12.1 Å². The van der Waals surface area contributed by atoms with E-state index in [-0.39, 0.29) is 11.7 Å². The molecule has 3 nitrogen and oxygen atoms in total. The third kappa shape index (κ3) is 5.83. The Kier molecular flexibility index (Phi) is 6.50. The summed E-state index contributed by atoms with van der Waals surface area (Å²) in [5.74, 6) is 0.558. The van der Waals surface area contributed by atoms with Gasteiger partial charge in [-0.2, -0.15) is 0 Å². The standard InChI is InChI=1S/C15H23FN2O/c1-11(2)12(8-9-17)6-7-15(19)18-14-5-3-4-13(16)10-14/h3-5,10-12H,6-9,17H2,1-2H3,(H,18,19). The average molecular weight is 266 g/mol. The van der Waals surface area contributed by atoms with Gasteiger partial charge in [0.25, 0.3) is 0 Å². The molecule has 1 unspecified atom stereocenters. The molecule has 0 aliphatic rings. The van der Waals surface area contributed by atoms with Gasteiger partial charge in [0.15, 0.2) is 0 Å². The van der Waals surface area contributed by atoms with Gasteiger partial charge in [0, 0.05) is 12.1 Å². The number of benzene rings is 1. The fourth-order valence-electron chi connectivity index (χ4n) is 2.13. The second kappa shape index (κ2) is 7.89. The van der Waals surface area contributed by atoms with Crippen LogP contribution in [0.4, 0.5) is 10.1 Å². The number of halogens is 1. The normalized spacial score (nSPS) is 12.5. The van der Waals surface area contributed by atoms with Crippen molar-refractivity contribution in [3.8, 4) is 0 Å². The van der Waals surface area contributed by atoms with Crippen molar-refractivity contribution in [3.63, 3.8) is 0 Å². The molecule has 0 fully saturated rings. The van der Waals surface area contributed by atoms with E-state index in [1.165, 1.54) is 12.1 Å². The maximum atomic E-state index is 13.0. The number of nitrogens with two attached hydrogens (primary N) is 1. The van der Waals surface area contributed by atoms with Crippen LogP contribution >= 0.6 is 0 Å². The maximum absolute atomic E-state index is 13.0. The summed E-state index contributed by atoms with van der Waals surface area (Å²) in [4.78, 5) is 11.8. The number of nitrogens with one attached hydrogen (secondary N) is 1. The zero-order valence-electron chi connectivity index (χ0n) is 11.7. The molecule has 0 bridgehead atoms. The van der Waals surface area contributed by atoms with Gasteiger partial charge in [-0.05, 0) is 49.4 Å². The van der Waals surface area contributed by atoms with Crippen molar-refractivity contribution in [2.45, 2.75) is 33.1 Å². The molecule has 1 aromatic carbocycles. The van der Waals surface area contributed by atoms with Crippen LogP contribution in [-0.2, 0) is 4.79 Å². The smallest absolute Gasteiger partial charge is 0.224 e. The first-order chi connectivity index (χ1) is 9.02. The highest BCUT2D eigenvalue weighted by molar-refractivity contribution is 5.90. The molecule has 4 heteroatoms. The molecule has 0 radical (unpaired) electrons. The van der Waals surface area contributed by atoms with E-state index in [9.17, 15) is 9.18 Å². The number of anilines is 1. The first-order valence-electron chi connectivity index (χ1n) is 6.78. The molecule has 0 aliphatic carbocycles. The molecule has 1 rings (SSSR count). The van der Waals surface area contributed by atoms with Crippen LogP contribution in [0.15, 0.2) is 24.3 Å². The summed E-state index contributed by atoms with van der Waals surface area (Å²) in [5, 5.41) is 2.71. The quantitative estimate of drug-likeness (QED) is 0.796. The summed E-state index contributed by atoms with van der Waals surface area (Å²) >= 11 is 0. The summed E-state index contributed by atoms with van der Waals surface area (Å²) in [5.41, 5.74) is 6.08. The van der Waals surface area contributed by atoms with Gasteiger partial charge in [-0.3, -0.25) is 4.79 Å². The van der Waals surface area contributed by atoms with Crippen LogP contribution in [0.3, 0.4) is 0 Å². The van der Waals surface area contributed by atoms with Crippen LogP contribution in [0, 0.1) is 17.7 Å². The second-order valence-electron chi connectivity index (χ2n) is 5.18. The van der Waals surface area contributed by atoms with Crippen molar-refractivity contribution in [1.82, 2.24) is 0 Å². The van der Waals surface area contributed by atoms with Crippen molar-refractivity contribution in [1.29, 1.82) is 0 Å². The van der Waals surface area contributed by atoms with Gasteiger partial charge in [-0.15, -0.1) is 0 Å². The number of amides is 1. The lowest BCUT2D eigenvalue weighted by atomic mass is 9.88. The monoisotopic (exact) mass is 266 g/mol. The zero-order chi connectivity index (χ0) is 14.3. The maximum Gasteiger partial charge on any atom is 0.224 e. The molecule has 1 aromatic rings. The molecule has 106 valence electrons. The van der Waals surface area contributed by atoms with E-state index >= 15 is 0 Å². The van der Waals surface area contributed by atoms with Crippen LogP contribution in [0.5, 0.6) is 0 Å². The van der Waals surface area contributed by atoms with Crippen LogP contribution in [-0.4, -0.2) is 12.5 Å². The summed E-state index contributed by atoms with van der Waals surface area (Å²) in [6, 6.07) is 5.93. The molecule has 19 heavy (non-hydrogen) atoms. The Labute approximate surface area is 114 Å². The largest absolute Gasteiger partial charge is 0.330 e. The van der Waals surface area contributed by atoms with Gasteiger partial charge in [0.2, 0.25) is 5.91 Å². The molecule has 0 spiro atoms. The third-order valence-corrected chi connectivity index (χ3v) is 3.33. The lowest BCUT2D eigenvalue weighted by Crippen LogP contribution is -2.18. The minimum Gasteiger partial charge on any atom is -0.330 e. The topological polar surface area (TPSA) is 55.1 Å². The average Bonchev–Trinajstić information content (AvgIpc) is 2.34. The van der Waals surface area contributed by atoms with Gasteiger partial charge < -0.3 is 11.1 Å². The third-order valence-electron chi connectivity index (χ3n) is 3.33. The number of hydrogen-bond donors (Lipinski definition) is 2. The first-order valence-corrected chi connectivity index (χ1v) is 6.78. The number of carbonyl (C=O) groups excluding carboxylic acids is 1. The summed E-state index contributed by atoms with van der Waals surface area (Å²) < 4.78 is 13.0. The number of rotatable bonds is 7. The van der Waals surface area contributed by atoms with Gasteiger partial charge >= 0.3 is 0 Å². The molecule has 0 saturated carbocycles. The van der Waals surface area contributed by atoms with Crippen molar-refractivity contribution < 1.29 is 9.18 Å². The second-order valence-corrected chi connectivity index (χ2v) is 5.18. The van der Waals surface area contributed by atoms with Crippen molar-refractivity contribution in [3.05, 3.63) is 30.1 Å². The Morgan fingerprint density at radius 1 is 1.37 bits per heavy atom. The van der Waals surface area contributed by atoms with Gasteiger partial charge in [-0.1, -0.05) is 19.9 Å². The van der Waals surface area contributed by atoms with Crippen LogP contribution in [0.2, 0.25) is 0 Å². The van der Waals surface area contributed by atoms with E-state index in [1.807, 2.05) is 0 Å². The molecule has 0 heterocycles. The fourth-order valence-corrected chi connectivity index (χ4v) is 2.13. The minimum atomic E-state index is -0.346. The minimum absolute atomic E-state index is 0.0757. The van der Waals surface area contributed by atoms with Crippen LogP contribution in [0.25, 0.3) is 0 Å². The molecule has 3 N–H and O–H groups in total. The molecular weight excluding hydrogens is 243 g/mol. The highest BCUT2D eigenvalue weighted by Gasteiger charge is 2.14. The lowest BCUT2D eigenvalue weighted by Gasteiger charge is -2.19. The SMILES string of the molecule is CC(C)C(CCN)CCC(=O)Nc1cccc(F)c1. The highest BCUT2D eigenvalue weighted by atomic mass is 19.1. The Morgan fingerprint density at radius 2 is 2.11 bits per heavy atom. The summed E-state index contributed by atoms with van der Waals surface area (Å²) in [7, 11) is 0. The number of hydrogen-bond acceptors (Lipinski definition) is 2. The van der Waals surface area contributed by atoms with E-state index < -0.39 is 0 Å². The fraction of sp³-hybridized carbons (Fsp3) is 0.533. The van der Waals surface area contributed by atoms with Crippen molar-refractivity contribution in [2.24, 2.45) is 17.6 Å². The van der Waals surface area contributed by atoms with E-state index in [0.29, 0.717) is 30.5 Å². The van der Waals surface area contributed by atoms with Gasteiger partial charge in [-0.25, -0.2) is 4.39 Å². The van der Waals surface area contributed by atoms with Gasteiger partial charge in [0.05, 0.1) is 0 Å². The molecule has 0 saturated heterocycles. The predicted molar refractivity (Wildman–Crippen MR) is 76.3 cm³/mol. The molecule has 1 amide bonds. The Hall–Kier alpha value is -1.42.